The molecule has 11 rings (SSSR count). The van der Waals surface area contributed by atoms with Crippen molar-refractivity contribution in [3.8, 4) is 62.1 Å². The van der Waals surface area contributed by atoms with Gasteiger partial charge in [-0.05, 0) is 65.2 Å². The van der Waals surface area contributed by atoms with Crippen molar-refractivity contribution in [2.24, 2.45) is 0 Å². The molecule has 0 amide bonds. The standard InChI is InChI=1S/C51H32N4O/c1-4-14-33(15-5-1)49-52-50(34-16-6-2-7-17-34)54-51(53-49)38-19-12-18-37(30-38)40-23-13-24-42-44-32-36(27-29-47(44)56-48(40)42)35-26-28-46-43(31-35)41-22-10-11-25-45(41)55(46)39-20-8-3-9-21-39/h1-32H. The molecule has 0 saturated heterocycles. The van der Waals surface area contributed by atoms with Gasteiger partial charge in [0.05, 0.1) is 11.0 Å². The van der Waals surface area contributed by atoms with E-state index in [1.165, 1.54) is 21.8 Å². The van der Waals surface area contributed by atoms with Crippen LogP contribution in [0.25, 0.3) is 106 Å². The van der Waals surface area contributed by atoms with E-state index in [1.807, 2.05) is 60.7 Å². The summed E-state index contributed by atoms with van der Waals surface area (Å²) in [7, 11) is 0. The Balaban J connectivity index is 1.01. The van der Waals surface area contributed by atoms with Crippen LogP contribution in [0.5, 0.6) is 0 Å². The van der Waals surface area contributed by atoms with Gasteiger partial charge in [0.1, 0.15) is 11.2 Å². The zero-order chi connectivity index (χ0) is 37.0. The fourth-order valence-corrected chi connectivity index (χ4v) is 7.98. The summed E-state index contributed by atoms with van der Waals surface area (Å²) < 4.78 is 9.01. The Morgan fingerprint density at radius 3 is 1.61 bits per heavy atom. The van der Waals surface area contributed by atoms with Crippen molar-refractivity contribution in [1.29, 1.82) is 0 Å². The van der Waals surface area contributed by atoms with E-state index in [2.05, 4.69) is 138 Å². The van der Waals surface area contributed by atoms with Gasteiger partial charge < -0.3 is 8.98 Å². The molecule has 0 unspecified atom stereocenters. The van der Waals surface area contributed by atoms with E-state index in [9.17, 15) is 0 Å². The molecular weight excluding hydrogens is 685 g/mol. The number of furan rings is 1. The predicted octanol–water partition coefficient (Wildman–Crippen LogP) is 13.2. The fourth-order valence-electron chi connectivity index (χ4n) is 7.98. The molecule has 0 N–H and O–H groups in total. The van der Waals surface area contributed by atoms with E-state index in [0.717, 1.165) is 66.6 Å². The highest BCUT2D eigenvalue weighted by Crippen LogP contribution is 2.40. The molecule has 0 fully saturated rings. The summed E-state index contributed by atoms with van der Waals surface area (Å²) in [4.78, 5) is 14.8. The first-order chi connectivity index (χ1) is 27.7. The van der Waals surface area contributed by atoms with Crippen LogP contribution in [0.1, 0.15) is 0 Å². The number of rotatable bonds is 6. The number of hydrogen-bond donors (Lipinski definition) is 0. The van der Waals surface area contributed by atoms with E-state index >= 15 is 0 Å². The first-order valence-corrected chi connectivity index (χ1v) is 18.8. The topological polar surface area (TPSA) is 56.7 Å². The smallest absolute Gasteiger partial charge is 0.164 e. The van der Waals surface area contributed by atoms with Gasteiger partial charge in [-0.1, -0.05) is 146 Å². The molecule has 3 aromatic heterocycles. The molecule has 0 radical (unpaired) electrons. The zero-order valence-electron chi connectivity index (χ0n) is 30.2. The van der Waals surface area contributed by atoms with Crippen molar-refractivity contribution < 1.29 is 4.42 Å². The highest BCUT2D eigenvalue weighted by Gasteiger charge is 2.17. The molecule has 262 valence electrons. The van der Waals surface area contributed by atoms with Crippen LogP contribution in [0.3, 0.4) is 0 Å². The minimum Gasteiger partial charge on any atom is -0.455 e. The Morgan fingerprint density at radius 2 is 0.875 bits per heavy atom. The summed E-state index contributed by atoms with van der Waals surface area (Å²) in [6.45, 7) is 0. The highest BCUT2D eigenvalue weighted by atomic mass is 16.3. The largest absolute Gasteiger partial charge is 0.455 e. The van der Waals surface area contributed by atoms with Gasteiger partial charge >= 0.3 is 0 Å². The second-order valence-electron chi connectivity index (χ2n) is 14.0. The lowest BCUT2D eigenvalue weighted by Crippen LogP contribution is -2.00. The number of fused-ring (bicyclic) bond motifs is 6. The number of nitrogens with zero attached hydrogens (tertiary/aromatic N) is 4. The number of hydrogen-bond acceptors (Lipinski definition) is 4. The quantitative estimate of drug-likeness (QED) is 0.172. The van der Waals surface area contributed by atoms with Gasteiger partial charge in [0.15, 0.2) is 17.5 Å². The molecule has 0 atom stereocenters. The van der Waals surface area contributed by atoms with Gasteiger partial charge in [-0.25, -0.2) is 15.0 Å². The third kappa shape index (κ3) is 5.37. The van der Waals surface area contributed by atoms with E-state index in [0.29, 0.717) is 17.5 Å². The Labute approximate surface area is 322 Å². The summed E-state index contributed by atoms with van der Waals surface area (Å²) in [6, 6.07) is 67.5. The van der Waals surface area contributed by atoms with Crippen molar-refractivity contribution in [1.82, 2.24) is 19.5 Å². The summed E-state index contributed by atoms with van der Waals surface area (Å²) in [6.07, 6.45) is 0. The van der Waals surface area contributed by atoms with E-state index in [-0.39, 0.29) is 0 Å². The van der Waals surface area contributed by atoms with Crippen LogP contribution in [-0.4, -0.2) is 19.5 Å². The molecule has 3 heterocycles. The molecule has 0 spiro atoms. The normalized spacial score (nSPS) is 11.6. The lowest BCUT2D eigenvalue weighted by atomic mass is 9.98. The second kappa shape index (κ2) is 13.0. The van der Waals surface area contributed by atoms with Crippen molar-refractivity contribution in [3.63, 3.8) is 0 Å². The third-order valence-corrected chi connectivity index (χ3v) is 10.6. The van der Waals surface area contributed by atoms with Gasteiger partial charge in [-0.3, -0.25) is 0 Å². The number of aromatic nitrogens is 4. The summed E-state index contributed by atoms with van der Waals surface area (Å²) in [5.41, 5.74) is 12.4. The highest BCUT2D eigenvalue weighted by molar-refractivity contribution is 6.12. The van der Waals surface area contributed by atoms with Crippen molar-refractivity contribution >= 4 is 43.7 Å². The predicted molar refractivity (Wildman–Crippen MR) is 229 cm³/mol. The Bertz CT molecular complexity index is 3180. The van der Waals surface area contributed by atoms with Gasteiger partial charge in [-0.15, -0.1) is 0 Å². The zero-order valence-corrected chi connectivity index (χ0v) is 30.2. The van der Waals surface area contributed by atoms with E-state index in [1.54, 1.807) is 0 Å². The molecule has 0 aliphatic heterocycles. The van der Waals surface area contributed by atoms with E-state index < -0.39 is 0 Å². The first-order valence-electron chi connectivity index (χ1n) is 18.8. The van der Waals surface area contributed by atoms with E-state index in [4.69, 9.17) is 19.4 Å². The lowest BCUT2D eigenvalue weighted by molar-refractivity contribution is 0.670. The molecule has 0 aliphatic rings. The minimum atomic E-state index is 0.616. The average molecular weight is 717 g/mol. The Morgan fingerprint density at radius 1 is 0.339 bits per heavy atom. The Hall–Kier alpha value is -7.63. The summed E-state index contributed by atoms with van der Waals surface area (Å²) in [5, 5.41) is 4.62. The molecule has 56 heavy (non-hydrogen) atoms. The molecule has 5 nitrogen and oxygen atoms in total. The van der Waals surface area contributed by atoms with Gasteiger partial charge in [0.2, 0.25) is 0 Å². The van der Waals surface area contributed by atoms with Gasteiger partial charge in [0.25, 0.3) is 0 Å². The van der Waals surface area contributed by atoms with Crippen molar-refractivity contribution in [2.45, 2.75) is 0 Å². The van der Waals surface area contributed by atoms with Gasteiger partial charge in [0, 0.05) is 49.5 Å². The van der Waals surface area contributed by atoms with Crippen LogP contribution in [0.4, 0.5) is 0 Å². The first kappa shape index (κ1) is 31.9. The maximum atomic E-state index is 6.66. The monoisotopic (exact) mass is 716 g/mol. The van der Waals surface area contributed by atoms with Crippen LogP contribution < -0.4 is 0 Å². The van der Waals surface area contributed by atoms with Crippen LogP contribution in [0, 0.1) is 0 Å². The second-order valence-corrected chi connectivity index (χ2v) is 14.0. The molecule has 0 bridgehead atoms. The lowest BCUT2D eigenvalue weighted by Gasteiger charge is -2.10. The van der Waals surface area contributed by atoms with Gasteiger partial charge in [-0.2, -0.15) is 0 Å². The Kier molecular flexibility index (Phi) is 7.42. The SMILES string of the molecule is c1ccc(-c2nc(-c3ccccc3)nc(-c3cccc(-c4cccc5c4oc4ccc(-c6ccc7c(c6)c6ccccc6n7-c6ccccc6)cc45)c3)n2)cc1. The maximum Gasteiger partial charge on any atom is 0.164 e. The summed E-state index contributed by atoms with van der Waals surface area (Å²) >= 11 is 0. The molecule has 5 heteroatoms. The molecule has 11 aromatic rings. The molecule has 8 aromatic carbocycles. The van der Waals surface area contributed by atoms with Crippen LogP contribution in [-0.2, 0) is 0 Å². The maximum absolute atomic E-state index is 6.66. The molecular formula is C51H32N4O. The number of benzene rings is 8. The van der Waals surface area contributed by atoms with Crippen LogP contribution in [0.15, 0.2) is 199 Å². The average Bonchev–Trinajstić information content (AvgIpc) is 3.82. The summed E-state index contributed by atoms with van der Waals surface area (Å²) in [5.74, 6) is 1.89. The van der Waals surface area contributed by atoms with Crippen molar-refractivity contribution in [2.75, 3.05) is 0 Å². The minimum absolute atomic E-state index is 0.616. The van der Waals surface area contributed by atoms with Crippen molar-refractivity contribution in [3.05, 3.63) is 194 Å². The number of para-hydroxylation sites is 3. The molecule has 0 saturated carbocycles. The third-order valence-electron chi connectivity index (χ3n) is 10.6. The fraction of sp³-hybridized carbons (Fsp3) is 0. The van der Waals surface area contributed by atoms with Crippen LogP contribution >= 0.6 is 0 Å². The van der Waals surface area contributed by atoms with Crippen LogP contribution in [0.2, 0.25) is 0 Å². The molecule has 0 aliphatic carbocycles.